The number of aromatic nitrogens is 2. The van der Waals surface area contributed by atoms with Crippen molar-refractivity contribution in [3.8, 4) is 22.7 Å². The molecule has 0 unspecified atom stereocenters. The molecule has 42 heavy (non-hydrogen) atoms. The number of ether oxygens (including phenoxy) is 2. The van der Waals surface area contributed by atoms with E-state index in [0.717, 1.165) is 52.2 Å². The maximum Gasteiger partial charge on any atom is 0.240 e. The lowest BCUT2D eigenvalue weighted by atomic mass is 9.99. The monoisotopic (exact) mass is 582 g/mol. The van der Waals surface area contributed by atoms with E-state index in [-0.39, 0.29) is 35.5 Å². The van der Waals surface area contributed by atoms with E-state index >= 15 is 0 Å². The number of nitrogens with zero attached hydrogens (tertiary/aromatic N) is 3. The molecule has 1 aromatic heterocycles. The van der Waals surface area contributed by atoms with Gasteiger partial charge in [0.15, 0.2) is 0 Å². The number of hydrogen-bond donors (Lipinski definition) is 1. The fourth-order valence-electron chi connectivity index (χ4n) is 5.66. The van der Waals surface area contributed by atoms with E-state index in [1.807, 2.05) is 90.5 Å². The van der Waals surface area contributed by atoms with Crippen LogP contribution in [0.25, 0.3) is 16.9 Å². The quantitative estimate of drug-likeness (QED) is 0.303. The molecule has 8 nitrogen and oxygen atoms in total. The van der Waals surface area contributed by atoms with Crippen molar-refractivity contribution in [2.75, 3.05) is 37.5 Å². The number of aryl methyl sites for hydroxylation is 1. The molecule has 0 aliphatic carbocycles. The number of nitrogens with one attached hydrogen (secondary N) is 1. The van der Waals surface area contributed by atoms with Gasteiger partial charge >= 0.3 is 0 Å². The molecule has 2 atom stereocenters. The van der Waals surface area contributed by atoms with Crippen LogP contribution < -0.4 is 15.0 Å². The van der Waals surface area contributed by atoms with E-state index in [9.17, 15) is 9.59 Å². The van der Waals surface area contributed by atoms with E-state index < -0.39 is 0 Å². The van der Waals surface area contributed by atoms with Gasteiger partial charge in [0, 0.05) is 29.8 Å². The van der Waals surface area contributed by atoms with Crippen LogP contribution in [0.1, 0.15) is 34.8 Å². The van der Waals surface area contributed by atoms with Crippen molar-refractivity contribution in [1.29, 1.82) is 0 Å². The number of carbonyl (C=O) groups is 2. The van der Waals surface area contributed by atoms with Gasteiger partial charge in [-0.05, 0) is 37.5 Å². The van der Waals surface area contributed by atoms with Gasteiger partial charge in [-0.3, -0.25) is 14.5 Å². The lowest BCUT2D eigenvalue weighted by Crippen LogP contribution is -2.44. The number of amides is 2. The molecule has 0 bridgehead atoms. The second-order valence-corrected chi connectivity index (χ2v) is 11.6. The minimum absolute atomic E-state index is 0.0111. The van der Waals surface area contributed by atoms with Crippen LogP contribution in [0.15, 0.2) is 78.9 Å². The summed E-state index contributed by atoms with van der Waals surface area (Å²) in [5, 5.41) is 7.91. The molecule has 1 fully saturated rings. The number of anilines is 1. The molecule has 9 heteroatoms. The molecule has 2 amide bonds. The largest absolute Gasteiger partial charge is 0.496 e. The van der Waals surface area contributed by atoms with E-state index in [1.54, 1.807) is 12.0 Å². The van der Waals surface area contributed by atoms with Gasteiger partial charge in [0.05, 0.1) is 35.6 Å². The number of carbonyl (C=O) groups excluding carboxylic acids is 2. The number of hydrogen-bond acceptors (Lipinski definition) is 6. The third kappa shape index (κ3) is 5.54. The van der Waals surface area contributed by atoms with Crippen LogP contribution in [0.5, 0.6) is 5.75 Å². The summed E-state index contributed by atoms with van der Waals surface area (Å²) in [4.78, 5) is 28.9. The summed E-state index contributed by atoms with van der Waals surface area (Å²) in [7, 11) is 1.66. The van der Waals surface area contributed by atoms with E-state index in [2.05, 4.69) is 5.32 Å². The average molecular weight is 583 g/mol. The Morgan fingerprint density at radius 3 is 2.60 bits per heavy atom. The summed E-state index contributed by atoms with van der Waals surface area (Å²) in [5.41, 5.74) is 5.36. The zero-order chi connectivity index (χ0) is 29.1. The Hall–Kier alpha value is -4.08. The summed E-state index contributed by atoms with van der Waals surface area (Å²) in [5.74, 6) is 1.14. The van der Waals surface area contributed by atoms with Gasteiger partial charge in [0.25, 0.3) is 0 Å². The first-order valence-electron chi connectivity index (χ1n) is 14.2. The number of para-hydroxylation sites is 2. The zero-order valence-corrected chi connectivity index (χ0v) is 24.6. The minimum Gasteiger partial charge on any atom is -0.496 e. The minimum atomic E-state index is -0.270. The summed E-state index contributed by atoms with van der Waals surface area (Å²) in [6.45, 7) is 3.05. The highest BCUT2D eigenvalue weighted by molar-refractivity contribution is 8.00. The van der Waals surface area contributed by atoms with Crippen molar-refractivity contribution < 1.29 is 19.1 Å². The molecule has 2 aliphatic rings. The number of benzene rings is 3. The smallest absolute Gasteiger partial charge is 0.240 e. The Balaban J connectivity index is 1.54. The lowest BCUT2D eigenvalue weighted by Gasteiger charge is -2.24. The van der Waals surface area contributed by atoms with Gasteiger partial charge in [-0.25, -0.2) is 4.68 Å². The molecule has 0 saturated carbocycles. The number of fused-ring (bicyclic) bond motifs is 1. The molecular formula is C33H34N4O4S. The average Bonchev–Trinajstić information content (AvgIpc) is 3.66. The SMILES string of the molecule is COc1ccccc1[C@H]1SCC(=O)N(CC(=O)NC[C@H]2CCCO2)c2c1c(-c1ccccc1)nn2-c1ccccc1C. The molecule has 1 saturated heterocycles. The molecule has 216 valence electrons. The van der Waals surface area contributed by atoms with Crippen molar-refractivity contribution in [1.82, 2.24) is 15.1 Å². The zero-order valence-electron chi connectivity index (χ0n) is 23.8. The van der Waals surface area contributed by atoms with Crippen molar-refractivity contribution in [2.24, 2.45) is 0 Å². The Labute approximate surface area is 250 Å². The first-order chi connectivity index (χ1) is 20.5. The summed E-state index contributed by atoms with van der Waals surface area (Å²) in [6, 6.07) is 25.8. The summed E-state index contributed by atoms with van der Waals surface area (Å²) >= 11 is 1.53. The van der Waals surface area contributed by atoms with E-state index in [4.69, 9.17) is 14.6 Å². The second-order valence-electron chi connectivity index (χ2n) is 10.5. The Morgan fingerprint density at radius 1 is 1.07 bits per heavy atom. The molecule has 1 N–H and O–H groups in total. The van der Waals surface area contributed by atoms with Gasteiger partial charge in [-0.15, -0.1) is 11.8 Å². The van der Waals surface area contributed by atoms with Gasteiger partial charge in [0.2, 0.25) is 11.8 Å². The highest BCUT2D eigenvalue weighted by atomic mass is 32.2. The fraction of sp³-hybridized carbons (Fsp3) is 0.303. The Morgan fingerprint density at radius 2 is 1.83 bits per heavy atom. The van der Waals surface area contributed by atoms with Crippen LogP contribution in [0.3, 0.4) is 0 Å². The van der Waals surface area contributed by atoms with E-state index in [1.165, 1.54) is 11.8 Å². The molecule has 2 aliphatic heterocycles. The maximum atomic E-state index is 13.9. The van der Waals surface area contributed by atoms with Crippen LogP contribution in [-0.2, 0) is 14.3 Å². The summed E-state index contributed by atoms with van der Waals surface area (Å²) in [6.07, 6.45) is 1.93. The summed E-state index contributed by atoms with van der Waals surface area (Å²) < 4.78 is 13.3. The fourth-order valence-corrected chi connectivity index (χ4v) is 6.88. The third-order valence-corrected chi connectivity index (χ3v) is 8.99. The lowest BCUT2D eigenvalue weighted by molar-refractivity contribution is -0.123. The first-order valence-corrected chi connectivity index (χ1v) is 15.3. The van der Waals surface area contributed by atoms with Crippen molar-refractivity contribution in [3.63, 3.8) is 0 Å². The Bertz CT molecular complexity index is 1580. The number of rotatable bonds is 8. The highest BCUT2D eigenvalue weighted by Gasteiger charge is 2.38. The molecular weight excluding hydrogens is 548 g/mol. The molecule has 0 spiro atoms. The molecule has 3 heterocycles. The predicted molar refractivity (Wildman–Crippen MR) is 165 cm³/mol. The van der Waals surface area contributed by atoms with Crippen LogP contribution in [-0.4, -0.2) is 60.3 Å². The molecule has 3 aromatic carbocycles. The van der Waals surface area contributed by atoms with Crippen molar-refractivity contribution in [2.45, 2.75) is 31.1 Å². The normalized spacial score (nSPS) is 18.4. The Kier molecular flexibility index (Phi) is 8.30. The van der Waals surface area contributed by atoms with Crippen LogP contribution in [0, 0.1) is 6.92 Å². The topological polar surface area (TPSA) is 85.7 Å². The standard InChI is InChI=1S/C33H34N4O4S/c1-22-11-6-8-16-26(22)37-33-30(31(35-37)23-12-4-3-5-13-23)32(25-15-7-9-17-27(25)40-2)42-21-29(39)36(33)20-28(38)34-19-24-14-10-18-41-24/h3-9,11-13,15-17,24,32H,10,14,18-21H2,1-2H3,(H,34,38)/t24-,32-/m1/s1. The van der Waals surface area contributed by atoms with Gasteiger partial charge in [-0.1, -0.05) is 66.7 Å². The van der Waals surface area contributed by atoms with Crippen LogP contribution in [0.4, 0.5) is 5.82 Å². The number of methoxy groups -OCH3 is 1. The van der Waals surface area contributed by atoms with Crippen molar-refractivity contribution >= 4 is 29.4 Å². The number of thioether (sulfide) groups is 1. The maximum absolute atomic E-state index is 13.9. The highest BCUT2D eigenvalue weighted by Crippen LogP contribution is 2.50. The van der Waals surface area contributed by atoms with Gasteiger partial charge in [0.1, 0.15) is 18.1 Å². The van der Waals surface area contributed by atoms with Crippen LogP contribution in [0.2, 0.25) is 0 Å². The van der Waals surface area contributed by atoms with E-state index in [0.29, 0.717) is 19.0 Å². The molecule has 0 radical (unpaired) electrons. The predicted octanol–water partition coefficient (Wildman–Crippen LogP) is 5.32. The van der Waals surface area contributed by atoms with Gasteiger partial charge in [-0.2, -0.15) is 5.10 Å². The third-order valence-electron chi connectivity index (χ3n) is 7.75. The van der Waals surface area contributed by atoms with Gasteiger partial charge < -0.3 is 14.8 Å². The van der Waals surface area contributed by atoms with Crippen LogP contribution >= 0.6 is 11.8 Å². The molecule has 4 aromatic rings. The van der Waals surface area contributed by atoms with Crippen molar-refractivity contribution in [3.05, 3.63) is 95.6 Å². The second kappa shape index (κ2) is 12.4. The first kappa shape index (κ1) is 28.1. The molecule has 6 rings (SSSR count).